The molecule has 6 heteroatoms. The number of likely N-dealkylation sites (N-methyl/N-ethyl adjacent to an activating group) is 1. The summed E-state index contributed by atoms with van der Waals surface area (Å²) in [5.41, 5.74) is -0.465. The Kier molecular flexibility index (Phi) is 6.45. The molecule has 1 fully saturated rings. The molecule has 2 amide bonds. The van der Waals surface area contributed by atoms with Crippen LogP contribution in [0.4, 0.5) is 4.79 Å². The molecule has 21 heavy (non-hydrogen) atoms. The molecule has 1 aliphatic rings. The monoisotopic (exact) mass is 299 g/mol. The van der Waals surface area contributed by atoms with E-state index in [0.29, 0.717) is 6.54 Å². The molecule has 0 aromatic carbocycles. The lowest BCUT2D eigenvalue weighted by molar-refractivity contribution is -0.119. The van der Waals surface area contributed by atoms with Crippen LogP contribution in [-0.4, -0.2) is 54.7 Å². The fraction of sp³-hybridized carbons (Fsp3) is 0.867. The van der Waals surface area contributed by atoms with Crippen molar-refractivity contribution in [1.29, 1.82) is 0 Å². The highest BCUT2D eigenvalue weighted by molar-refractivity contribution is 5.77. The van der Waals surface area contributed by atoms with Crippen molar-refractivity contribution in [3.05, 3.63) is 0 Å². The van der Waals surface area contributed by atoms with Gasteiger partial charge >= 0.3 is 6.09 Å². The summed E-state index contributed by atoms with van der Waals surface area (Å²) in [6.07, 6.45) is 2.59. The maximum Gasteiger partial charge on any atom is 0.410 e. The van der Waals surface area contributed by atoms with Crippen molar-refractivity contribution in [2.45, 2.75) is 64.6 Å². The van der Waals surface area contributed by atoms with E-state index in [1.54, 1.807) is 7.05 Å². The van der Waals surface area contributed by atoms with E-state index in [4.69, 9.17) is 4.74 Å². The number of hydrogen-bond acceptors (Lipinski definition) is 4. The Hall–Kier alpha value is -1.30. The molecule has 0 aromatic heterocycles. The van der Waals surface area contributed by atoms with Gasteiger partial charge in [0.15, 0.2) is 0 Å². The second-order valence-electron chi connectivity index (χ2n) is 6.66. The Morgan fingerprint density at radius 1 is 1.38 bits per heavy atom. The lowest BCUT2D eigenvalue weighted by atomic mass is 10.1. The van der Waals surface area contributed by atoms with E-state index in [-0.39, 0.29) is 24.1 Å². The van der Waals surface area contributed by atoms with Gasteiger partial charge in [0.1, 0.15) is 5.60 Å². The minimum atomic E-state index is -0.465. The van der Waals surface area contributed by atoms with E-state index in [1.165, 1.54) is 0 Å². The second-order valence-corrected chi connectivity index (χ2v) is 6.66. The van der Waals surface area contributed by atoms with Crippen LogP contribution >= 0.6 is 0 Å². The maximum absolute atomic E-state index is 12.2. The molecule has 0 saturated carbocycles. The summed E-state index contributed by atoms with van der Waals surface area (Å²) in [7, 11) is 1.62. The highest BCUT2D eigenvalue weighted by atomic mass is 16.6. The van der Waals surface area contributed by atoms with Crippen LogP contribution in [0, 0.1) is 0 Å². The molecule has 6 nitrogen and oxygen atoms in total. The molecule has 0 radical (unpaired) electrons. The SMILES string of the molecule is CNC(=O)CNC(C)CC1CCCN1C(=O)OC(C)(C)C. The summed E-state index contributed by atoms with van der Waals surface area (Å²) in [6.45, 7) is 8.73. The van der Waals surface area contributed by atoms with Crippen molar-refractivity contribution < 1.29 is 14.3 Å². The molecule has 0 bridgehead atoms. The van der Waals surface area contributed by atoms with Gasteiger partial charge in [-0.3, -0.25) is 4.79 Å². The van der Waals surface area contributed by atoms with Crippen molar-refractivity contribution in [2.75, 3.05) is 20.1 Å². The van der Waals surface area contributed by atoms with Crippen LogP contribution in [-0.2, 0) is 9.53 Å². The Morgan fingerprint density at radius 2 is 2.05 bits per heavy atom. The largest absolute Gasteiger partial charge is 0.444 e. The first-order chi connectivity index (χ1) is 9.73. The minimum absolute atomic E-state index is 0.0303. The van der Waals surface area contributed by atoms with E-state index < -0.39 is 5.60 Å². The van der Waals surface area contributed by atoms with E-state index in [1.807, 2.05) is 32.6 Å². The van der Waals surface area contributed by atoms with Crippen LogP contribution < -0.4 is 10.6 Å². The Morgan fingerprint density at radius 3 is 2.62 bits per heavy atom. The Labute approximate surface area is 127 Å². The van der Waals surface area contributed by atoms with Gasteiger partial charge in [-0.15, -0.1) is 0 Å². The zero-order chi connectivity index (χ0) is 16.0. The van der Waals surface area contributed by atoms with E-state index in [9.17, 15) is 9.59 Å². The van der Waals surface area contributed by atoms with Crippen molar-refractivity contribution in [3.63, 3.8) is 0 Å². The standard InChI is InChI=1S/C15H29N3O3/c1-11(17-10-13(19)16-5)9-12-7-6-8-18(12)14(20)21-15(2,3)4/h11-12,17H,6-10H2,1-5H3,(H,16,19). The predicted octanol–water partition coefficient (Wildman–Crippen LogP) is 1.50. The Bertz CT molecular complexity index is 366. The topological polar surface area (TPSA) is 70.7 Å². The van der Waals surface area contributed by atoms with Gasteiger partial charge in [-0.25, -0.2) is 4.79 Å². The molecule has 0 aromatic rings. The van der Waals surface area contributed by atoms with Crippen LogP contribution in [0.5, 0.6) is 0 Å². The third-order valence-electron chi connectivity index (χ3n) is 3.52. The number of rotatable bonds is 5. The van der Waals surface area contributed by atoms with Gasteiger partial charge in [0.05, 0.1) is 6.54 Å². The van der Waals surface area contributed by atoms with Crippen LogP contribution in [0.15, 0.2) is 0 Å². The number of carbonyl (C=O) groups is 2. The molecule has 2 atom stereocenters. The van der Waals surface area contributed by atoms with E-state index in [2.05, 4.69) is 10.6 Å². The summed E-state index contributed by atoms with van der Waals surface area (Å²) >= 11 is 0. The fourth-order valence-electron chi connectivity index (χ4n) is 2.49. The highest BCUT2D eigenvalue weighted by Gasteiger charge is 2.32. The molecular formula is C15H29N3O3. The van der Waals surface area contributed by atoms with E-state index in [0.717, 1.165) is 25.8 Å². The molecule has 2 unspecified atom stereocenters. The number of likely N-dealkylation sites (tertiary alicyclic amines) is 1. The minimum Gasteiger partial charge on any atom is -0.444 e. The van der Waals surface area contributed by atoms with Gasteiger partial charge in [-0.2, -0.15) is 0 Å². The summed E-state index contributed by atoms with van der Waals surface area (Å²) in [5.74, 6) is -0.0303. The van der Waals surface area contributed by atoms with Gasteiger partial charge in [-0.1, -0.05) is 0 Å². The van der Waals surface area contributed by atoms with Crippen LogP contribution in [0.2, 0.25) is 0 Å². The van der Waals surface area contributed by atoms with Crippen LogP contribution in [0.25, 0.3) is 0 Å². The third-order valence-corrected chi connectivity index (χ3v) is 3.52. The number of nitrogens with zero attached hydrogens (tertiary/aromatic N) is 1. The lowest BCUT2D eigenvalue weighted by Crippen LogP contribution is -2.44. The maximum atomic E-state index is 12.2. The molecule has 1 heterocycles. The van der Waals surface area contributed by atoms with E-state index >= 15 is 0 Å². The summed E-state index contributed by atoms with van der Waals surface area (Å²) < 4.78 is 5.45. The smallest absolute Gasteiger partial charge is 0.410 e. The van der Waals surface area contributed by atoms with Gasteiger partial charge in [0, 0.05) is 25.7 Å². The van der Waals surface area contributed by atoms with Crippen molar-refractivity contribution in [2.24, 2.45) is 0 Å². The summed E-state index contributed by atoms with van der Waals surface area (Å²) in [4.78, 5) is 25.2. The fourth-order valence-corrected chi connectivity index (χ4v) is 2.49. The van der Waals surface area contributed by atoms with Crippen molar-refractivity contribution in [1.82, 2.24) is 15.5 Å². The lowest BCUT2D eigenvalue weighted by Gasteiger charge is -2.30. The molecule has 1 saturated heterocycles. The van der Waals surface area contributed by atoms with Gasteiger partial charge in [0.25, 0.3) is 0 Å². The Balaban J connectivity index is 2.46. The first-order valence-corrected chi connectivity index (χ1v) is 7.66. The van der Waals surface area contributed by atoms with Crippen molar-refractivity contribution >= 4 is 12.0 Å². The number of ether oxygens (including phenoxy) is 1. The molecule has 0 spiro atoms. The van der Waals surface area contributed by atoms with Crippen molar-refractivity contribution in [3.8, 4) is 0 Å². The summed E-state index contributed by atoms with van der Waals surface area (Å²) in [5, 5.41) is 5.76. The second kappa shape index (κ2) is 7.64. The average molecular weight is 299 g/mol. The number of carbonyl (C=O) groups excluding carboxylic acids is 2. The molecule has 1 rings (SSSR count). The highest BCUT2D eigenvalue weighted by Crippen LogP contribution is 2.23. The first kappa shape index (κ1) is 17.8. The van der Waals surface area contributed by atoms with Gasteiger partial charge < -0.3 is 20.3 Å². The third kappa shape index (κ3) is 6.33. The van der Waals surface area contributed by atoms with Crippen LogP contribution in [0.3, 0.4) is 0 Å². The zero-order valence-corrected chi connectivity index (χ0v) is 13.9. The molecule has 0 aliphatic carbocycles. The zero-order valence-electron chi connectivity index (χ0n) is 13.9. The van der Waals surface area contributed by atoms with Crippen LogP contribution in [0.1, 0.15) is 47.0 Å². The molecule has 1 aliphatic heterocycles. The molecular weight excluding hydrogens is 270 g/mol. The summed E-state index contributed by atoms with van der Waals surface area (Å²) in [6, 6.07) is 0.363. The average Bonchev–Trinajstić information content (AvgIpc) is 2.82. The quantitative estimate of drug-likeness (QED) is 0.807. The molecule has 122 valence electrons. The first-order valence-electron chi connectivity index (χ1n) is 7.66. The predicted molar refractivity (Wildman–Crippen MR) is 82.1 cm³/mol. The number of nitrogens with one attached hydrogen (secondary N) is 2. The number of amides is 2. The van der Waals surface area contributed by atoms with Gasteiger partial charge in [-0.05, 0) is 47.0 Å². The number of hydrogen-bond donors (Lipinski definition) is 2. The van der Waals surface area contributed by atoms with Gasteiger partial charge in [0.2, 0.25) is 5.91 Å². The molecule has 2 N–H and O–H groups in total. The normalized spacial score (nSPS) is 20.2.